The van der Waals surface area contributed by atoms with Gasteiger partial charge in [0.25, 0.3) is 11.5 Å². The fourth-order valence-electron chi connectivity index (χ4n) is 7.02. The van der Waals surface area contributed by atoms with Crippen LogP contribution in [0.3, 0.4) is 0 Å². The lowest BCUT2D eigenvalue weighted by atomic mass is 9.69. The molecule has 2 aromatic heterocycles. The standard InChI is InChI=1S/C30H27F5N6O2/c1-16-9-10-39(14-16)26-18-15-40(24-13-29(30(33,34)35)11-17(24)12-29)37-21(18)5-6-22(26)36-28(43)23-7-8-25(42)41(38-23)27-19(31)3-2-4-20(27)32/h2-8,15-17,24H,9-14H2,1H3,(H,36,43)/t16-,17?,24?,29?/m0/s1. The summed E-state index contributed by atoms with van der Waals surface area (Å²) in [5.74, 6) is -2.45. The smallest absolute Gasteiger partial charge is 0.369 e. The Hall–Kier alpha value is -4.29. The number of nitrogens with zero attached hydrogens (tertiary/aromatic N) is 5. The molecule has 1 amide bonds. The Kier molecular flexibility index (Phi) is 6.16. The highest BCUT2D eigenvalue weighted by molar-refractivity contribution is 6.08. The fraction of sp³-hybridized carbons (Fsp3) is 0.400. The average Bonchev–Trinajstić information content (AvgIpc) is 3.70. The second-order valence-electron chi connectivity index (χ2n) is 12.1. The van der Waals surface area contributed by atoms with E-state index in [1.54, 1.807) is 23.0 Å². The Balaban J connectivity index is 1.25. The normalized spacial score (nSPS) is 24.9. The van der Waals surface area contributed by atoms with Crippen molar-refractivity contribution in [3.8, 4) is 5.69 Å². The topological polar surface area (TPSA) is 85.1 Å². The first-order chi connectivity index (χ1) is 20.4. The Bertz CT molecular complexity index is 1810. The average molecular weight is 599 g/mol. The van der Waals surface area contributed by atoms with Crippen molar-refractivity contribution in [2.45, 2.75) is 44.8 Å². The first-order valence-electron chi connectivity index (χ1n) is 14.1. The molecule has 3 aliphatic carbocycles. The summed E-state index contributed by atoms with van der Waals surface area (Å²) in [6.45, 7) is 3.51. The van der Waals surface area contributed by atoms with E-state index in [1.165, 1.54) is 6.07 Å². The van der Waals surface area contributed by atoms with Gasteiger partial charge in [0.15, 0.2) is 11.6 Å². The summed E-state index contributed by atoms with van der Waals surface area (Å²) in [4.78, 5) is 28.0. The second kappa shape index (κ2) is 9.61. The number of carbonyl (C=O) groups is 1. The molecule has 1 saturated heterocycles. The lowest BCUT2D eigenvalue weighted by Gasteiger charge is -2.39. The van der Waals surface area contributed by atoms with Gasteiger partial charge in [0.05, 0.1) is 28.3 Å². The summed E-state index contributed by atoms with van der Waals surface area (Å²) in [6.07, 6.45) is -1.33. The van der Waals surface area contributed by atoms with Crippen LogP contribution in [-0.2, 0) is 0 Å². The zero-order chi connectivity index (χ0) is 30.3. The van der Waals surface area contributed by atoms with Crippen molar-refractivity contribution in [1.82, 2.24) is 19.6 Å². The number of amides is 1. The van der Waals surface area contributed by atoms with Crippen LogP contribution in [0, 0.1) is 28.9 Å². The highest BCUT2D eigenvalue weighted by atomic mass is 19.4. The van der Waals surface area contributed by atoms with Crippen LogP contribution in [0.25, 0.3) is 16.6 Å². The van der Waals surface area contributed by atoms with Gasteiger partial charge in [-0.05, 0) is 67.9 Å². The van der Waals surface area contributed by atoms with E-state index < -0.39 is 40.4 Å². The number of carbonyl (C=O) groups excluding carboxylic acids is 1. The number of halogens is 5. The molecule has 8 nitrogen and oxygen atoms in total. The predicted molar refractivity (Wildman–Crippen MR) is 148 cm³/mol. The van der Waals surface area contributed by atoms with E-state index in [4.69, 9.17) is 0 Å². The van der Waals surface area contributed by atoms with Crippen molar-refractivity contribution in [2.24, 2.45) is 17.3 Å². The molecule has 4 aromatic rings. The maximum absolute atomic E-state index is 14.4. The van der Waals surface area contributed by atoms with Crippen LogP contribution in [0.4, 0.5) is 33.3 Å². The molecule has 4 aliphatic rings. The molecular weight excluding hydrogens is 571 g/mol. The van der Waals surface area contributed by atoms with E-state index in [0.717, 1.165) is 30.7 Å². The minimum absolute atomic E-state index is 0.00118. The van der Waals surface area contributed by atoms with Crippen LogP contribution in [-0.4, -0.2) is 44.7 Å². The number of fused-ring (bicyclic) bond motifs is 2. The maximum atomic E-state index is 14.4. The van der Waals surface area contributed by atoms with Crippen LogP contribution < -0.4 is 15.8 Å². The van der Waals surface area contributed by atoms with Crippen molar-refractivity contribution < 1.29 is 26.7 Å². The SMILES string of the molecule is C[C@H]1CCN(c2c(NC(=O)c3ccc(=O)n(-c4c(F)cccc4F)n3)ccc3nn(C4CC5(C(F)(F)F)CC4C5)cc23)C1. The van der Waals surface area contributed by atoms with E-state index in [-0.39, 0.29) is 36.9 Å². The van der Waals surface area contributed by atoms with Crippen LogP contribution in [0.2, 0.25) is 0 Å². The number of benzene rings is 2. The molecule has 0 spiro atoms. The number of rotatable bonds is 5. The lowest BCUT2D eigenvalue weighted by molar-refractivity contribution is -0.244. The van der Waals surface area contributed by atoms with Gasteiger partial charge in [-0.2, -0.15) is 28.1 Å². The number of nitrogens with one attached hydrogen (secondary N) is 1. The Morgan fingerprint density at radius 2 is 1.74 bits per heavy atom. The van der Waals surface area contributed by atoms with Crippen LogP contribution in [0.15, 0.2) is 53.5 Å². The number of hydrogen-bond donors (Lipinski definition) is 1. The predicted octanol–water partition coefficient (Wildman–Crippen LogP) is 5.86. The molecule has 0 radical (unpaired) electrons. The molecule has 1 N–H and O–H groups in total. The Morgan fingerprint density at radius 1 is 1.00 bits per heavy atom. The first kappa shape index (κ1) is 27.5. The van der Waals surface area contributed by atoms with Crippen LogP contribution in [0.5, 0.6) is 0 Å². The number of aromatic nitrogens is 4. The lowest BCUT2D eigenvalue weighted by Crippen LogP contribution is -2.42. The highest BCUT2D eigenvalue weighted by Gasteiger charge is 2.69. The van der Waals surface area contributed by atoms with Gasteiger partial charge in [0.2, 0.25) is 0 Å². The van der Waals surface area contributed by atoms with Crippen molar-refractivity contribution >= 4 is 28.2 Å². The largest absolute Gasteiger partial charge is 0.394 e. The van der Waals surface area contributed by atoms with Gasteiger partial charge in [-0.15, -0.1) is 0 Å². The zero-order valence-electron chi connectivity index (χ0n) is 23.0. The van der Waals surface area contributed by atoms with Crippen molar-refractivity contribution in [3.05, 3.63) is 76.3 Å². The van der Waals surface area contributed by atoms with Crippen molar-refractivity contribution in [1.29, 1.82) is 0 Å². The third-order valence-electron chi connectivity index (χ3n) is 9.24. The number of anilines is 2. The molecule has 13 heteroatoms. The van der Waals surface area contributed by atoms with Gasteiger partial charge >= 0.3 is 6.18 Å². The minimum atomic E-state index is -4.24. The van der Waals surface area contributed by atoms with Crippen LogP contribution in [0.1, 0.15) is 49.1 Å². The maximum Gasteiger partial charge on any atom is 0.394 e. The van der Waals surface area contributed by atoms with E-state index in [9.17, 15) is 31.5 Å². The van der Waals surface area contributed by atoms with Crippen LogP contribution >= 0.6 is 0 Å². The fourth-order valence-corrected chi connectivity index (χ4v) is 7.02. The molecule has 3 heterocycles. The molecule has 1 aliphatic heterocycles. The third kappa shape index (κ3) is 4.39. The molecule has 4 fully saturated rings. The quantitative estimate of drug-likeness (QED) is 0.291. The first-order valence-corrected chi connectivity index (χ1v) is 14.1. The molecule has 1 unspecified atom stereocenters. The zero-order valence-corrected chi connectivity index (χ0v) is 23.0. The van der Waals surface area contributed by atoms with E-state index in [0.29, 0.717) is 46.0 Å². The molecule has 2 atom stereocenters. The molecule has 43 heavy (non-hydrogen) atoms. The minimum Gasteiger partial charge on any atom is -0.369 e. The van der Waals surface area contributed by atoms with Gasteiger partial charge < -0.3 is 10.2 Å². The summed E-state index contributed by atoms with van der Waals surface area (Å²) in [6, 6.07) is 8.31. The summed E-state index contributed by atoms with van der Waals surface area (Å²) in [5.41, 5.74) is -1.70. The Labute approximate surface area is 242 Å². The Morgan fingerprint density at radius 3 is 2.40 bits per heavy atom. The van der Waals surface area contributed by atoms with Gasteiger partial charge in [0.1, 0.15) is 11.4 Å². The van der Waals surface area contributed by atoms with Crippen molar-refractivity contribution in [3.63, 3.8) is 0 Å². The van der Waals surface area contributed by atoms with Gasteiger partial charge in [-0.1, -0.05) is 13.0 Å². The van der Waals surface area contributed by atoms with Crippen molar-refractivity contribution in [2.75, 3.05) is 23.3 Å². The van der Waals surface area contributed by atoms with E-state index in [1.807, 2.05) is 0 Å². The highest BCUT2D eigenvalue weighted by Crippen LogP contribution is 2.69. The molecule has 2 aromatic carbocycles. The van der Waals surface area contributed by atoms with Gasteiger partial charge in [-0.25, -0.2) is 8.78 Å². The van der Waals surface area contributed by atoms with Gasteiger partial charge in [-0.3, -0.25) is 14.3 Å². The number of para-hydroxylation sites is 1. The number of hydrogen-bond acceptors (Lipinski definition) is 5. The molecule has 8 rings (SSSR count). The molecular formula is C30H27F5N6O2. The summed E-state index contributed by atoms with van der Waals surface area (Å²) in [7, 11) is 0. The number of alkyl halides is 3. The van der Waals surface area contributed by atoms with Gasteiger partial charge in [0, 0.05) is 30.7 Å². The third-order valence-corrected chi connectivity index (χ3v) is 9.24. The van der Waals surface area contributed by atoms with E-state index >= 15 is 0 Å². The summed E-state index contributed by atoms with van der Waals surface area (Å²) < 4.78 is 72.2. The molecule has 3 saturated carbocycles. The molecule has 2 bridgehead atoms. The van der Waals surface area contributed by atoms with E-state index in [2.05, 4.69) is 27.3 Å². The summed E-state index contributed by atoms with van der Waals surface area (Å²) in [5, 5.41) is 12.1. The monoisotopic (exact) mass is 598 g/mol. The summed E-state index contributed by atoms with van der Waals surface area (Å²) >= 11 is 0. The second-order valence-corrected chi connectivity index (χ2v) is 12.1. The molecule has 224 valence electrons.